The molecule has 0 atom stereocenters. The van der Waals surface area contributed by atoms with E-state index in [9.17, 15) is 4.79 Å². The summed E-state index contributed by atoms with van der Waals surface area (Å²) in [5, 5.41) is 8.50. The molecule has 0 amide bonds. The molecule has 0 saturated heterocycles. The summed E-state index contributed by atoms with van der Waals surface area (Å²) in [4.78, 5) is 14.1. The van der Waals surface area contributed by atoms with Gasteiger partial charge < -0.3 is 5.11 Å². The van der Waals surface area contributed by atoms with E-state index in [1.807, 2.05) is 0 Å². The van der Waals surface area contributed by atoms with Crippen LogP contribution in [0.4, 0.5) is 0 Å². The average Bonchev–Trinajstić information content (AvgIpc) is 2.12. The molecule has 10 heavy (non-hydrogen) atoms. The van der Waals surface area contributed by atoms with Gasteiger partial charge in [-0.1, -0.05) is 0 Å². The molecule has 1 aliphatic heterocycles. The second-order valence-corrected chi connectivity index (χ2v) is 1.87. The van der Waals surface area contributed by atoms with E-state index in [0.29, 0.717) is 12.0 Å². The molecular weight excluding hydrogens is 130 g/mol. The maximum atomic E-state index is 10.3. The Hall–Kier alpha value is -1.38. The molecule has 0 aromatic rings. The Labute approximate surface area is 58.4 Å². The summed E-state index contributed by atoms with van der Waals surface area (Å²) in [6.07, 6.45) is 6.71. The Morgan fingerprint density at radius 1 is 1.70 bits per heavy atom. The Kier molecular flexibility index (Phi) is 1.99. The van der Waals surface area contributed by atoms with E-state index in [1.165, 1.54) is 0 Å². The molecule has 1 aliphatic rings. The van der Waals surface area contributed by atoms with Crippen LogP contribution in [-0.4, -0.2) is 17.3 Å². The minimum absolute atomic E-state index is 0.373. The highest BCUT2D eigenvalue weighted by Crippen LogP contribution is 2.02. The van der Waals surface area contributed by atoms with Crippen molar-refractivity contribution in [2.75, 3.05) is 0 Å². The zero-order valence-electron chi connectivity index (χ0n) is 5.32. The lowest BCUT2D eigenvalue weighted by Gasteiger charge is -1.91. The van der Waals surface area contributed by atoms with Crippen LogP contribution in [0.15, 0.2) is 28.9 Å². The number of carbonyl (C=O) groups is 1. The number of rotatable bonds is 1. The summed E-state index contributed by atoms with van der Waals surface area (Å²) >= 11 is 0. The second kappa shape index (κ2) is 2.96. The molecule has 0 aromatic heterocycles. The van der Waals surface area contributed by atoms with Crippen LogP contribution >= 0.6 is 0 Å². The quantitative estimate of drug-likeness (QED) is 0.585. The molecule has 0 fully saturated rings. The van der Waals surface area contributed by atoms with Crippen molar-refractivity contribution >= 4 is 12.2 Å². The van der Waals surface area contributed by atoms with Gasteiger partial charge in [0.15, 0.2) is 0 Å². The van der Waals surface area contributed by atoms with Gasteiger partial charge in [0.05, 0.1) is 0 Å². The first-order valence-electron chi connectivity index (χ1n) is 2.91. The summed E-state index contributed by atoms with van der Waals surface area (Å²) < 4.78 is 0. The second-order valence-electron chi connectivity index (χ2n) is 1.87. The van der Waals surface area contributed by atoms with E-state index in [4.69, 9.17) is 5.11 Å². The zero-order valence-corrected chi connectivity index (χ0v) is 5.32. The van der Waals surface area contributed by atoms with Crippen LogP contribution in [-0.2, 0) is 4.79 Å². The Morgan fingerprint density at radius 2 is 2.50 bits per heavy atom. The van der Waals surface area contributed by atoms with Crippen molar-refractivity contribution in [2.45, 2.75) is 6.42 Å². The van der Waals surface area contributed by atoms with Gasteiger partial charge in [-0.25, -0.2) is 4.79 Å². The van der Waals surface area contributed by atoms with Gasteiger partial charge >= 0.3 is 5.97 Å². The molecule has 3 nitrogen and oxygen atoms in total. The molecule has 0 bridgehead atoms. The number of allylic oxidation sites excluding steroid dienone is 2. The lowest BCUT2D eigenvalue weighted by atomic mass is 10.2. The molecule has 0 radical (unpaired) electrons. The summed E-state index contributed by atoms with van der Waals surface area (Å²) in [5.41, 5.74) is 0.373. The lowest BCUT2D eigenvalue weighted by molar-refractivity contribution is -0.132. The third kappa shape index (κ3) is 1.55. The van der Waals surface area contributed by atoms with Gasteiger partial charge in [-0.2, -0.15) is 0 Å². The minimum Gasteiger partial charge on any atom is -0.478 e. The van der Waals surface area contributed by atoms with Gasteiger partial charge in [0.25, 0.3) is 0 Å². The molecule has 52 valence electrons. The van der Waals surface area contributed by atoms with Crippen LogP contribution in [0.3, 0.4) is 0 Å². The number of carboxylic acids is 1. The van der Waals surface area contributed by atoms with Gasteiger partial charge in [0, 0.05) is 24.4 Å². The molecule has 0 saturated carbocycles. The molecule has 0 aromatic carbocycles. The standard InChI is InChI=1S/C7H7NO2/c9-7(10)6-2-1-4-8-5-3-6/h1-2,4-5H,3H2,(H,9,10). The van der Waals surface area contributed by atoms with E-state index in [0.717, 1.165) is 0 Å². The van der Waals surface area contributed by atoms with Gasteiger partial charge in [-0.3, -0.25) is 4.99 Å². The fourth-order valence-electron chi connectivity index (χ4n) is 0.647. The first-order valence-corrected chi connectivity index (χ1v) is 2.91. The minimum atomic E-state index is -0.877. The molecule has 0 aliphatic carbocycles. The van der Waals surface area contributed by atoms with Gasteiger partial charge in [-0.15, -0.1) is 0 Å². The summed E-state index contributed by atoms with van der Waals surface area (Å²) in [7, 11) is 0. The average molecular weight is 137 g/mol. The Balaban J connectivity index is 2.78. The van der Waals surface area contributed by atoms with Crippen molar-refractivity contribution in [3.05, 3.63) is 23.9 Å². The highest BCUT2D eigenvalue weighted by Gasteiger charge is 2.03. The molecule has 1 rings (SSSR count). The summed E-state index contributed by atoms with van der Waals surface area (Å²) in [5.74, 6) is -0.877. The molecule has 0 spiro atoms. The number of nitrogens with zero attached hydrogens (tertiary/aromatic N) is 1. The largest absolute Gasteiger partial charge is 0.478 e. The van der Waals surface area contributed by atoms with Crippen molar-refractivity contribution in [3.63, 3.8) is 0 Å². The normalized spacial score (nSPS) is 16.2. The Bertz CT molecular complexity index is 226. The highest BCUT2D eigenvalue weighted by atomic mass is 16.4. The smallest absolute Gasteiger partial charge is 0.331 e. The number of hydrogen-bond acceptors (Lipinski definition) is 2. The van der Waals surface area contributed by atoms with E-state index >= 15 is 0 Å². The maximum absolute atomic E-state index is 10.3. The van der Waals surface area contributed by atoms with Crippen molar-refractivity contribution in [1.29, 1.82) is 0 Å². The Morgan fingerprint density at radius 3 is 3.20 bits per heavy atom. The fraction of sp³-hybridized carbons (Fsp3) is 0.143. The third-order valence-corrected chi connectivity index (χ3v) is 1.16. The van der Waals surface area contributed by atoms with E-state index < -0.39 is 5.97 Å². The number of carboxylic acid groups (broad SMARTS) is 1. The van der Waals surface area contributed by atoms with Crippen molar-refractivity contribution in [1.82, 2.24) is 0 Å². The van der Waals surface area contributed by atoms with Crippen LogP contribution in [0, 0.1) is 0 Å². The fourth-order valence-corrected chi connectivity index (χ4v) is 0.647. The molecule has 1 heterocycles. The molecule has 3 heteroatoms. The number of hydrogen-bond donors (Lipinski definition) is 1. The number of aliphatic carboxylic acids is 1. The summed E-state index contributed by atoms with van der Waals surface area (Å²) in [6.45, 7) is 0. The van der Waals surface area contributed by atoms with Crippen LogP contribution in [0.2, 0.25) is 0 Å². The van der Waals surface area contributed by atoms with E-state index in [2.05, 4.69) is 4.99 Å². The lowest BCUT2D eigenvalue weighted by Crippen LogP contribution is -1.99. The van der Waals surface area contributed by atoms with E-state index in [-0.39, 0.29) is 0 Å². The summed E-state index contributed by atoms with van der Waals surface area (Å²) in [6, 6.07) is 0. The van der Waals surface area contributed by atoms with Gasteiger partial charge in [0.1, 0.15) is 0 Å². The topological polar surface area (TPSA) is 49.7 Å². The molecular formula is C7H7NO2. The molecule has 1 N–H and O–H groups in total. The monoisotopic (exact) mass is 137 g/mol. The van der Waals surface area contributed by atoms with Gasteiger partial charge in [-0.05, 0) is 12.2 Å². The van der Waals surface area contributed by atoms with Crippen LogP contribution in [0.1, 0.15) is 6.42 Å². The maximum Gasteiger partial charge on any atom is 0.331 e. The highest BCUT2D eigenvalue weighted by molar-refractivity contribution is 5.91. The molecule has 0 unspecified atom stereocenters. The van der Waals surface area contributed by atoms with Crippen LogP contribution in [0.25, 0.3) is 0 Å². The first kappa shape index (κ1) is 6.74. The van der Waals surface area contributed by atoms with Crippen molar-refractivity contribution in [3.8, 4) is 0 Å². The van der Waals surface area contributed by atoms with Crippen molar-refractivity contribution in [2.24, 2.45) is 4.99 Å². The first-order chi connectivity index (χ1) is 4.80. The zero-order chi connectivity index (χ0) is 7.40. The predicted molar refractivity (Wildman–Crippen MR) is 38.0 cm³/mol. The van der Waals surface area contributed by atoms with Crippen LogP contribution in [0.5, 0.6) is 0 Å². The SMILES string of the molecule is O=C(O)C1=CC=CN=CC1. The number of aliphatic imine (C=N–C) groups is 1. The predicted octanol–water partition coefficient (Wildman–Crippen LogP) is 0.986. The van der Waals surface area contributed by atoms with Crippen molar-refractivity contribution < 1.29 is 9.90 Å². The third-order valence-electron chi connectivity index (χ3n) is 1.16. The van der Waals surface area contributed by atoms with Gasteiger partial charge in [0.2, 0.25) is 0 Å². The van der Waals surface area contributed by atoms with E-state index in [1.54, 1.807) is 24.6 Å². The van der Waals surface area contributed by atoms with Crippen LogP contribution < -0.4 is 0 Å².